The number of ether oxygens (including phenoxy) is 1. The zero-order valence-corrected chi connectivity index (χ0v) is 15.5. The summed E-state index contributed by atoms with van der Waals surface area (Å²) in [6.45, 7) is 0. The molecule has 2 rings (SSSR count). The number of aliphatic hydroxyl groups excluding tert-OH is 1. The number of halogens is 3. The van der Waals surface area contributed by atoms with Gasteiger partial charge in [0.05, 0.1) is 13.2 Å². The van der Waals surface area contributed by atoms with E-state index >= 15 is 0 Å². The molecule has 0 aliphatic carbocycles. The Bertz CT molecular complexity index is 594. The summed E-state index contributed by atoms with van der Waals surface area (Å²) in [5.41, 5.74) is 1.82. The Balaban J connectivity index is 2.27. The molecule has 2 aromatic rings. The van der Waals surface area contributed by atoms with E-state index in [1.54, 1.807) is 7.11 Å². The van der Waals surface area contributed by atoms with Crippen molar-refractivity contribution in [3.05, 3.63) is 60.9 Å². The van der Waals surface area contributed by atoms with Gasteiger partial charge in [-0.15, -0.1) is 0 Å². The van der Waals surface area contributed by atoms with Crippen molar-refractivity contribution < 1.29 is 9.84 Å². The number of benzene rings is 2. The number of rotatable bonds is 4. The van der Waals surface area contributed by atoms with Crippen molar-refractivity contribution in [1.29, 1.82) is 0 Å². The second-order valence-corrected chi connectivity index (χ2v) is 7.13. The molecule has 0 saturated heterocycles. The predicted molar refractivity (Wildman–Crippen MR) is 91.2 cm³/mol. The molecule has 2 aromatic carbocycles. The maximum atomic E-state index is 10.4. The van der Waals surface area contributed by atoms with Crippen LogP contribution in [0, 0.1) is 0 Å². The van der Waals surface area contributed by atoms with Gasteiger partial charge in [0.1, 0.15) is 5.75 Å². The quantitative estimate of drug-likeness (QED) is 0.669. The van der Waals surface area contributed by atoms with Crippen molar-refractivity contribution in [2.45, 2.75) is 12.5 Å². The summed E-state index contributed by atoms with van der Waals surface area (Å²) in [4.78, 5) is 0. The van der Waals surface area contributed by atoms with E-state index in [2.05, 4.69) is 47.8 Å². The molecule has 0 amide bonds. The monoisotopic (exact) mass is 462 g/mol. The lowest BCUT2D eigenvalue weighted by Gasteiger charge is -2.15. The van der Waals surface area contributed by atoms with Crippen LogP contribution in [-0.4, -0.2) is 12.2 Å². The average Bonchev–Trinajstić information content (AvgIpc) is 2.37. The van der Waals surface area contributed by atoms with Crippen LogP contribution in [0.4, 0.5) is 0 Å². The SMILES string of the molecule is COc1ccc(Br)cc1CC(O)c1cc(Br)cc(Br)c1. The standard InChI is InChI=1S/C15H13Br3O2/c1-20-15-3-2-11(16)6-10(15)7-14(19)9-4-12(17)8-13(18)5-9/h2-6,8,14,19H,7H2,1H3. The van der Waals surface area contributed by atoms with Crippen LogP contribution in [-0.2, 0) is 6.42 Å². The third-order valence-corrected chi connectivity index (χ3v) is 4.33. The Labute approximate surface area is 143 Å². The number of hydrogen-bond donors (Lipinski definition) is 1. The fourth-order valence-electron chi connectivity index (χ4n) is 2.00. The molecular formula is C15H13Br3O2. The summed E-state index contributed by atoms with van der Waals surface area (Å²) in [7, 11) is 1.63. The van der Waals surface area contributed by atoms with E-state index in [0.717, 1.165) is 30.3 Å². The molecule has 0 aromatic heterocycles. The summed E-state index contributed by atoms with van der Waals surface area (Å²) in [6.07, 6.45) is -0.0992. The molecule has 0 bridgehead atoms. The molecule has 0 fully saturated rings. The fourth-order valence-corrected chi connectivity index (χ4v) is 3.74. The highest BCUT2D eigenvalue weighted by Crippen LogP contribution is 2.30. The van der Waals surface area contributed by atoms with Crippen molar-refractivity contribution in [2.24, 2.45) is 0 Å². The lowest BCUT2D eigenvalue weighted by atomic mass is 10.0. The highest BCUT2D eigenvalue weighted by molar-refractivity contribution is 9.11. The molecule has 0 radical (unpaired) electrons. The Morgan fingerprint density at radius 1 is 1.00 bits per heavy atom. The van der Waals surface area contributed by atoms with Crippen molar-refractivity contribution in [2.75, 3.05) is 7.11 Å². The first-order valence-electron chi connectivity index (χ1n) is 5.96. The average molecular weight is 465 g/mol. The third-order valence-electron chi connectivity index (χ3n) is 2.93. The fraction of sp³-hybridized carbons (Fsp3) is 0.200. The zero-order valence-electron chi connectivity index (χ0n) is 10.7. The maximum Gasteiger partial charge on any atom is 0.122 e. The van der Waals surface area contributed by atoms with Gasteiger partial charge in [0.2, 0.25) is 0 Å². The lowest BCUT2D eigenvalue weighted by molar-refractivity contribution is 0.177. The Morgan fingerprint density at radius 3 is 2.25 bits per heavy atom. The Morgan fingerprint density at radius 2 is 1.65 bits per heavy atom. The Kier molecular flexibility index (Phi) is 5.66. The second-order valence-electron chi connectivity index (χ2n) is 4.38. The van der Waals surface area contributed by atoms with Crippen LogP contribution in [0.1, 0.15) is 17.2 Å². The largest absolute Gasteiger partial charge is 0.496 e. The van der Waals surface area contributed by atoms with Gasteiger partial charge < -0.3 is 9.84 Å². The van der Waals surface area contributed by atoms with Crippen LogP contribution < -0.4 is 4.74 Å². The van der Waals surface area contributed by atoms with Crippen LogP contribution in [0.25, 0.3) is 0 Å². The second kappa shape index (κ2) is 7.07. The van der Waals surface area contributed by atoms with E-state index in [-0.39, 0.29) is 0 Å². The normalized spacial score (nSPS) is 12.2. The molecule has 0 aliphatic heterocycles. The minimum absolute atomic E-state index is 0.492. The topological polar surface area (TPSA) is 29.5 Å². The summed E-state index contributed by atoms with van der Waals surface area (Å²) < 4.78 is 8.17. The number of methoxy groups -OCH3 is 1. The lowest BCUT2D eigenvalue weighted by Crippen LogP contribution is -2.03. The molecule has 1 N–H and O–H groups in total. The number of aliphatic hydroxyl groups is 1. The van der Waals surface area contributed by atoms with Gasteiger partial charge in [0.25, 0.3) is 0 Å². The van der Waals surface area contributed by atoms with E-state index in [1.807, 2.05) is 36.4 Å². The maximum absolute atomic E-state index is 10.4. The Hall–Kier alpha value is -0.360. The van der Waals surface area contributed by atoms with Gasteiger partial charge in [-0.2, -0.15) is 0 Å². The molecule has 106 valence electrons. The third kappa shape index (κ3) is 4.07. The predicted octanol–water partition coefficient (Wildman–Crippen LogP) is 5.26. The molecule has 2 nitrogen and oxygen atoms in total. The highest BCUT2D eigenvalue weighted by atomic mass is 79.9. The molecule has 1 unspecified atom stereocenters. The zero-order chi connectivity index (χ0) is 14.7. The van der Waals surface area contributed by atoms with Gasteiger partial charge in [0.15, 0.2) is 0 Å². The van der Waals surface area contributed by atoms with E-state index in [0.29, 0.717) is 6.42 Å². The van der Waals surface area contributed by atoms with Crippen LogP contribution in [0.3, 0.4) is 0 Å². The van der Waals surface area contributed by atoms with Crippen molar-refractivity contribution >= 4 is 47.8 Å². The van der Waals surface area contributed by atoms with E-state index in [1.165, 1.54) is 0 Å². The molecule has 0 heterocycles. The molecule has 20 heavy (non-hydrogen) atoms. The van der Waals surface area contributed by atoms with E-state index in [4.69, 9.17) is 4.74 Å². The van der Waals surface area contributed by atoms with Gasteiger partial charge in [-0.1, -0.05) is 47.8 Å². The smallest absolute Gasteiger partial charge is 0.122 e. The molecule has 0 spiro atoms. The van der Waals surface area contributed by atoms with Gasteiger partial charge >= 0.3 is 0 Å². The van der Waals surface area contributed by atoms with Crippen LogP contribution >= 0.6 is 47.8 Å². The van der Waals surface area contributed by atoms with Gasteiger partial charge in [-0.25, -0.2) is 0 Å². The van der Waals surface area contributed by atoms with Crippen LogP contribution in [0.5, 0.6) is 5.75 Å². The minimum Gasteiger partial charge on any atom is -0.496 e. The number of hydrogen-bond acceptors (Lipinski definition) is 2. The molecule has 1 atom stereocenters. The molecule has 0 saturated carbocycles. The van der Waals surface area contributed by atoms with Gasteiger partial charge in [0, 0.05) is 19.8 Å². The van der Waals surface area contributed by atoms with E-state index in [9.17, 15) is 5.11 Å². The van der Waals surface area contributed by atoms with Gasteiger partial charge in [-0.3, -0.25) is 0 Å². The summed E-state index contributed by atoms with van der Waals surface area (Å²) in [5.74, 6) is 0.779. The van der Waals surface area contributed by atoms with Crippen molar-refractivity contribution in [3.8, 4) is 5.75 Å². The summed E-state index contributed by atoms with van der Waals surface area (Å²) in [6, 6.07) is 11.6. The molecular weight excluding hydrogens is 452 g/mol. The van der Waals surface area contributed by atoms with E-state index < -0.39 is 6.10 Å². The first-order chi connectivity index (χ1) is 9.49. The summed E-state index contributed by atoms with van der Waals surface area (Å²) >= 11 is 10.3. The molecule has 0 aliphatic rings. The minimum atomic E-state index is -0.591. The van der Waals surface area contributed by atoms with Crippen LogP contribution in [0.15, 0.2) is 49.8 Å². The van der Waals surface area contributed by atoms with Crippen molar-refractivity contribution in [1.82, 2.24) is 0 Å². The van der Waals surface area contributed by atoms with Gasteiger partial charge in [-0.05, 0) is 47.5 Å². The summed E-state index contributed by atoms with van der Waals surface area (Å²) in [5, 5.41) is 10.4. The molecule has 5 heteroatoms. The highest BCUT2D eigenvalue weighted by Gasteiger charge is 2.13. The first-order valence-corrected chi connectivity index (χ1v) is 8.34. The van der Waals surface area contributed by atoms with Crippen molar-refractivity contribution in [3.63, 3.8) is 0 Å². The van der Waals surface area contributed by atoms with Crippen LogP contribution in [0.2, 0.25) is 0 Å². The first kappa shape index (κ1) is 16.0.